The van der Waals surface area contributed by atoms with Crippen molar-refractivity contribution in [3.05, 3.63) is 42.2 Å². The fourth-order valence-electron chi connectivity index (χ4n) is 3.11. The number of benzene rings is 1. The van der Waals surface area contributed by atoms with Crippen molar-refractivity contribution in [3.63, 3.8) is 0 Å². The molecule has 1 aliphatic rings. The van der Waals surface area contributed by atoms with E-state index in [-0.39, 0.29) is 24.3 Å². The van der Waals surface area contributed by atoms with Crippen molar-refractivity contribution < 1.29 is 19.0 Å². The van der Waals surface area contributed by atoms with Crippen LogP contribution in [0.2, 0.25) is 0 Å². The molecule has 0 saturated heterocycles. The van der Waals surface area contributed by atoms with E-state index in [1.165, 1.54) is 25.6 Å². The number of hydrogen-bond donors (Lipinski definition) is 2. The zero-order valence-corrected chi connectivity index (χ0v) is 13.9. The van der Waals surface area contributed by atoms with Crippen LogP contribution in [-0.2, 0) is 11.3 Å². The maximum atomic E-state index is 13.7. The third-order valence-electron chi connectivity index (χ3n) is 4.50. The highest BCUT2D eigenvalue weighted by Gasteiger charge is 2.37. The summed E-state index contributed by atoms with van der Waals surface area (Å²) < 4.78 is 20.6. The number of rotatable bonds is 7. The molecule has 1 amide bonds. The summed E-state index contributed by atoms with van der Waals surface area (Å²) in [5.41, 5.74) is 0.591. The molecule has 1 unspecified atom stereocenters. The summed E-state index contributed by atoms with van der Waals surface area (Å²) in [6.07, 6.45) is 3.93. The molecule has 2 N–H and O–H groups in total. The Hall–Kier alpha value is -2.48. The van der Waals surface area contributed by atoms with Gasteiger partial charge in [0, 0.05) is 12.0 Å². The Morgan fingerprint density at radius 2 is 2.32 bits per heavy atom. The van der Waals surface area contributed by atoms with E-state index in [4.69, 9.17) is 4.74 Å². The van der Waals surface area contributed by atoms with Gasteiger partial charge in [-0.3, -0.25) is 9.48 Å². The summed E-state index contributed by atoms with van der Waals surface area (Å²) in [6, 6.07) is 3.85. The van der Waals surface area contributed by atoms with Gasteiger partial charge >= 0.3 is 0 Å². The van der Waals surface area contributed by atoms with Crippen LogP contribution >= 0.6 is 0 Å². The number of amides is 1. The number of nitrogens with zero attached hydrogens (tertiary/aromatic N) is 3. The fourth-order valence-corrected chi connectivity index (χ4v) is 3.11. The Morgan fingerprint density at radius 1 is 1.52 bits per heavy atom. The average molecular weight is 348 g/mol. The van der Waals surface area contributed by atoms with Gasteiger partial charge in [-0.15, -0.1) is 0 Å². The maximum absolute atomic E-state index is 13.7. The van der Waals surface area contributed by atoms with Crippen LogP contribution in [0, 0.1) is 11.7 Å². The molecule has 2 aromatic rings. The van der Waals surface area contributed by atoms with Gasteiger partial charge in [-0.25, -0.2) is 9.37 Å². The predicted octanol–water partition coefficient (Wildman–Crippen LogP) is 1.44. The van der Waals surface area contributed by atoms with Gasteiger partial charge < -0.3 is 15.2 Å². The summed E-state index contributed by atoms with van der Waals surface area (Å²) in [6.45, 7) is 0.409. The lowest BCUT2D eigenvalue weighted by atomic mass is 9.74. The molecule has 8 heteroatoms. The second kappa shape index (κ2) is 7.60. The number of carbonyl (C=O) groups excluding carboxylic acids is 1. The number of aromatic nitrogens is 3. The number of hydrogen-bond acceptors (Lipinski definition) is 5. The molecular formula is C17H21FN4O3. The molecule has 1 aromatic carbocycles. The van der Waals surface area contributed by atoms with Crippen molar-refractivity contribution in [2.45, 2.75) is 38.0 Å². The van der Waals surface area contributed by atoms with Crippen LogP contribution in [0.15, 0.2) is 30.9 Å². The minimum absolute atomic E-state index is 0.0426. The van der Waals surface area contributed by atoms with E-state index in [1.54, 1.807) is 17.1 Å². The van der Waals surface area contributed by atoms with Crippen LogP contribution in [0.5, 0.6) is 5.75 Å². The Morgan fingerprint density at radius 3 is 2.96 bits per heavy atom. The average Bonchev–Trinajstić information content (AvgIpc) is 3.09. The third-order valence-corrected chi connectivity index (χ3v) is 4.50. The molecule has 3 rings (SSSR count). The van der Waals surface area contributed by atoms with E-state index < -0.39 is 11.9 Å². The van der Waals surface area contributed by atoms with Crippen LogP contribution in [0.3, 0.4) is 0 Å². The monoisotopic (exact) mass is 348 g/mol. The number of aliphatic hydroxyl groups excluding tert-OH is 1. The molecule has 25 heavy (non-hydrogen) atoms. The summed E-state index contributed by atoms with van der Waals surface area (Å²) in [4.78, 5) is 16.2. The summed E-state index contributed by atoms with van der Waals surface area (Å²) in [5.74, 6) is -0.00359. The first-order valence-corrected chi connectivity index (χ1v) is 8.20. The predicted molar refractivity (Wildman–Crippen MR) is 87.2 cm³/mol. The molecule has 1 aromatic heterocycles. The first-order valence-electron chi connectivity index (χ1n) is 8.20. The van der Waals surface area contributed by atoms with E-state index in [0.717, 1.165) is 0 Å². The lowest BCUT2D eigenvalue weighted by Gasteiger charge is -2.38. The highest BCUT2D eigenvalue weighted by molar-refractivity contribution is 5.76. The number of ether oxygens (including phenoxy) is 1. The molecule has 0 spiro atoms. The second-order valence-corrected chi connectivity index (χ2v) is 6.23. The molecule has 1 fully saturated rings. The van der Waals surface area contributed by atoms with E-state index in [0.29, 0.717) is 30.7 Å². The highest BCUT2D eigenvalue weighted by atomic mass is 19.1. The molecule has 0 aliphatic heterocycles. The number of halogens is 1. The quantitative estimate of drug-likeness (QED) is 0.790. The summed E-state index contributed by atoms with van der Waals surface area (Å²) in [5, 5.41) is 16.5. The summed E-state index contributed by atoms with van der Waals surface area (Å²) >= 11 is 0. The SMILES string of the molecule is COc1ccc(F)cc1C(NC(=O)CCn1cncn1)C1CC(O)C1. The van der Waals surface area contributed by atoms with E-state index in [1.807, 2.05) is 0 Å². The molecule has 7 nitrogen and oxygen atoms in total. The van der Waals surface area contributed by atoms with Crippen molar-refractivity contribution >= 4 is 5.91 Å². The van der Waals surface area contributed by atoms with Gasteiger partial charge in [0.15, 0.2) is 0 Å². The van der Waals surface area contributed by atoms with Crippen molar-refractivity contribution in [1.82, 2.24) is 20.1 Å². The smallest absolute Gasteiger partial charge is 0.222 e. The minimum Gasteiger partial charge on any atom is -0.496 e. The minimum atomic E-state index is -0.405. The van der Waals surface area contributed by atoms with Crippen molar-refractivity contribution in [2.24, 2.45) is 5.92 Å². The zero-order valence-electron chi connectivity index (χ0n) is 13.9. The van der Waals surface area contributed by atoms with E-state index in [2.05, 4.69) is 15.4 Å². The maximum Gasteiger partial charge on any atom is 0.222 e. The molecule has 0 radical (unpaired) electrons. The van der Waals surface area contributed by atoms with Crippen LogP contribution in [0.1, 0.15) is 30.9 Å². The molecule has 1 aliphatic carbocycles. The normalized spacial score (nSPS) is 20.6. The van der Waals surface area contributed by atoms with Gasteiger partial charge in [0.05, 0.1) is 25.8 Å². The molecule has 1 saturated carbocycles. The molecule has 134 valence electrons. The molecular weight excluding hydrogens is 327 g/mol. The molecule has 1 heterocycles. The third kappa shape index (κ3) is 4.14. The highest BCUT2D eigenvalue weighted by Crippen LogP contribution is 2.41. The van der Waals surface area contributed by atoms with Crippen molar-refractivity contribution in [2.75, 3.05) is 7.11 Å². The first kappa shape index (κ1) is 17.3. The first-order chi connectivity index (χ1) is 12.1. The second-order valence-electron chi connectivity index (χ2n) is 6.23. The Kier molecular flexibility index (Phi) is 5.28. The van der Waals surface area contributed by atoms with Crippen molar-refractivity contribution in [1.29, 1.82) is 0 Å². The number of aryl methyl sites for hydroxylation is 1. The van der Waals surface area contributed by atoms with Crippen LogP contribution in [-0.4, -0.2) is 39.0 Å². The Bertz CT molecular complexity index is 717. The van der Waals surface area contributed by atoms with Gasteiger partial charge in [0.1, 0.15) is 24.2 Å². The van der Waals surface area contributed by atoms with Crippen LogP contribution in [0.25, 0.3) is 0 Å². The topological polar surface area (TPSA) is 89.3 Å². The van der Waals surface area contributed by atoms with Gasteiger partial charge in [-0.05, 0) is 37.0 Å². The van der Waals surface area contributed by atoms with Crippen molar-refractivity contribution in [3.8, 4) is 5.75 Å². The largest absolute Gasteiger partial charge is 0.496 e. The number of nitrogens with one attached hydrogen (secondary N) is 1. The van der Waals surface area contributed by atoms with E-state index >= 15 is 0 Å². The zero-order chi connectivity index (χ0) is 17.8. The van der Waals surface area contributed by atoms with Gasteiger partial charge in [-0.2, -0.15) is 5.10 Å². The van der Waals surface area contributed by atoms with E-state index in [9.17, 15) is 14.3 Å². The lowest BCUT2D eigenvalue weighted by molar-refractivity contribution is -0.123. The van der Waals surface area contributed by atoms with Gasteiger partial charge in [0.25, 0.3) is 0 Å². The Labute approximate surface area is 144 Å². The van der Waals surface area contributed by atoms with Crippen LogP contribution in [0.4, 0.5) is 4.39 Å². The number of methoxy groups -OCH3 is 1. The number of aliphatic hydroxyl groups is 1. The van der Waals surface area contributed by atoms with Gasteiger partial charge in [0.2, 0.25) is 5.91 Å². The molecule has 0 bridgehead atoms. The summed E-state index contributed by atoms with van der Waals surface area (Å²) in [7, 11) is 1.51. The Balaban J connectivity index is 1.73. The van der Waals surface area contributed by atoms with Gasteiger partial charge in [-0.1, -0.05) is 0 Å². The van der Waals surface area contributed by atoms with Crippen LogP contribution < -0.4 is 10.1 Å². The standard InChI is InChI=1S/C17H21FN4O3/c1-25-15-3-2-12(18)8-14(15)17(11-6-13(23)7-11)21-16(24)4-5-22-10-19-9-20-22/h2-3,8-11,13,17,23H,4-7H2,1H3,(H,21,24). The molecule has 1 atom stereocenters. The fraction of sp³-hybridized carbons (Fsp3) is 0.471. The lowest BCUT2D eigenvalue weighted by Crippen LogP contribution is -2.41. The number of carbonyl (C=O) groups is 1.